The Hall–Kier alpha value is -2.90. The fraction of sp³-hybridized carbons (Fsp3) is 0.333. The van der Waals surface area contributed by atoms with E-state index in [0.717, 1.165) is 5.71 Å². The van der Waals surface area contributed by atoms with Crippen LogP contribution in [-0.4, -0.2) is 45.9 Å². The second-order valence-electron chi connectivity index (χ2n) is 5.65. The van der Waals surface area contributed by atoms with Crippen molar-refractivity contribution in [3.05, 3.63) is 30.1 Å². The molecule has 1 aromatic rings. The lowest BCUT2D eigenvalue weighted by Gasteiger charge is -2.12. The number of carbonyl (C=O) groups is 1. The Kier molecular flexibility index (Phi) is 4.63. The van der Waals surface area contributed by atoms with Gasteiger partial charge in [0.1, 0.15) is 25.6 Å². The van der Waals surface area contributed by atoms with Crippen LogP contribution in [0.25, 0.3) is 0 Å². The molecule has 0 aromatic carbocycles. The number of carbonyl (C=O) groups excluding carboxylic acids is 1. The van der Waals surface area contributed by atoms with Gasteiger partial charge >= 0.3 is 6.03 Å². The Morgan fingerprint density at radius 3 is 2.61 bits per heavy atom. The molecule has 1 aliphatic carbocycles. The predicted octanol–water partition coefficient (Wildman–Crippen LogP) is 0.954. The lowest BCUT2D eigenvalue weighted by atomic mass is 10.1. The lowest BCUT2D eigenvalue weighted by Crippen LogP contribution is -2.33. The lowest BCUT2D eigenvalue weighted by molar-refractivity contribution is -0.462. The molecular weight excluding hydrogens is 294 g/mol. The number of allylic oxidation sites excluding steroid dienone is 3. The monoisotopic (exact) mass is 316 g/mol. The third-order valence-electron chi connectivity index (χ3n) is 3.30. The van der Waals surface area contributed by atoms with Crippen LogP contribution in [0.15, 0.2) is 35.1 Å². The fourth-order valence-corrected chi connectivity index (χ4v) is 2.12. The topological polar surface area (TPSA) is 114 Å². The van der Waals surface area contributed by atoms with Crippen LogP contribution in [-0.2, 0) is 0 Å². The van der Waals surface area contributed by atoms with E-state index in [2.05, 4.69) is 15.4 Å². The van der Waals surface area contributed by atoms with Gasteiger partial charge < -0.3 is 16.8 Å². The summed E-state index contributed by atoms with van der Waals surface area (Å²) in [7, 11) is 3.82. The van der Waals surface area contributed by atoms with Gasteiger partial charge in [0, 0.05) is 18.2 Å². The number of nitrogens with one attached hydrogen (secondary N) is 1. The number of rotatable bonds is 3. The zero-order chi connectivity index (χ0) is 17.1. The minimum atomic E-state index is -0.650. The summed E-state index contributed by atoms with van der Waals surface area (Å²) in [5.74, 6) is 0.474. The SMILES string of the molecule is CC(C)n1ncc(/N=C2/C=CC(=[N+](C)C)C=C2NC(N)=O)c1N. The number of aliphatic imine (C=N–C) groups is 1. The summed E-state index contributed by atoms with van der Waals surface area (Å²) in [6.45, 7) is 3.97. The zero-order valence-corrected chi connectivity index (χ0v) is 13.7. The van der Waals surface area contributed by atoms with Crippen molar-refractivity contribution in [1.29, 1.82) is 0 Å². The second-order valence-corrected chi connectivity index (χ2v) is 5.65. The van der Waals surface area contributed by atoms with Gasteiger partial charge in [-0.2, -0.15) is 5.10 Å². The standard InChI is InChI=1S/C15H21N7O/c1-9(2)22-14(16)13(8-18-22)19-11-6-5-10(21(3)4)7-12(11)20-15(17)23/h5-9H,1-4H3,(H4,16,17,18,20,23)/p+1. The minimum Gasteiger partial charge on any atom is -0.382 e. The van der Waals surface area contributed by atoms with Crippen molar-refractivity contribution in [2.24, 2.45) is 10.7 Å². The number of hydrogen-bond donors (Lipinski definition) is 3. The van der Waals surface area contributed by atoms with Gasteiger partial charge in [-0.05, 0) is 19.9 Å². The van der Waals surface area contributed by atoms with Gasteiger partial charge in [-0.15, -0.1) is 0 Å². The number of urea groups is 1. The molecule has 2 amide bonds. The van der Waals surface area contributed by atoms with Gasteiger partial charge in [0.05, 0.1) is 17.6 Å². The molecule has 1 heterocycles. The molecule has 122 valence electrons. The van der Waals surface area contributed by atoms with Crippen molar-refractivity contribution < 1.29 is 9.37 Å². The summed E-state index contributed by atoms with van der Waals surface area (Å²) in [5.41, 5.74) is 13.8. The van der Waals surface area contributed by atoms with Crippen LogP contribution in [0.5, 0.6) is 0 Å². The number of amides is 2. The van der Waals surface area contributed by atoms with E-state index in [4.69, 9.17) is 11.5 Å². The molecule has 0 unspecified atom stereocenters. The number of nitrogens with zero attached hydrogens (tertiary/aromatic N) is 4. The van der Waals surface area contributed by atoms with Gasteiger partial charge in [-0.25, -0.2) is 19.0 Å². The molecule has 8 nitrogen and oxygen atoms in total. The molecule has 0 fully saturated rings. The van der Waals surface area contributed by atoms with E-state index in [-0.39, 0.29) is 6.04 Å². The quantitative estimate of drug-likeness (QED) is 0.569. The van der Waals surface area contributed by atoms with E-state index < -0.39 is 6.03 Å². The van der Waals surface area contributed by atoms with E-state index in [1.54, 1.807) is 23.0 Å². The van der Waals surface area contributed by atoms with Gasteiger partial charge in [-0.1, -0.05) is 0 Å². The largest absolute Gasteiger partial charge is 0.382 e. The first-order valence-electron chi connectivity index (χ1n) is 7.22. The van der Waals surface area contributed by atoms with E-state index in [1.807, 2.05) is 38.6 Å². The van der Waals surface area contributed by atoms with Gasteiger partial charge in [0.2, 0.25) is 5.71 Å². The molecule has 0 atom stereocenters. The van der Waals surface area contributed by atoms with Crippen molar-refractivity contribution in [2.75, 3.05) is 19.8 Å². The highest BCUT2D eigenvalue weighted by Crippen LogP contribution is 2.25. The smallest absolute Gasteiger partial charge is 0.316 e. The molecule has 5 N–H and O–H groups in total. The summed E-state index contributed by atoms with van der Waals surface area (Å²) >= 11 is 0. The number of nitrogens with two attached hydrogens (primary N) is 2. The highest BCUT2D eigenvalue weighted by Gasteiger charge is 2.17. The third kappa shape index (κ3) is 3.65. The molecule has 0 bridgehead atoms. The van der Waals surface area contributed by atoms with Crippen molar-refractivity contribution >= 4 is 29.0 Å². The van der Waals surface area contributed by atoms with E-state index in [1.165, 1.54) is 0 Å². The van der Waals surface area contributed by atoms with E-state index in [9.17, 15) is 4.79 Å². The number of nitrogen functional groups attached to an aromatic ring is 1. The summed E-state index contributed by atoms with van der Waals surface area (Å²) in [4.78, 5) is 15.7. The number of aromatic nitrogens is 2. The third-order valence-corrected chi connectivity index (χ3v) is 3.30. The minimum absolute atomic E-state index is 0.137. The van der Waals surface area contributed by atoms with Crippen LogP contribution < -0.4 is 16.8 Å². The highest BCUT2D eigenvalue weighted by atomic mass is 16.2. The highest BCUT2D eigenvalue weighted by molar-refractivity contribution is 6.21. The van der Waals surface area contributed by atoms with Crippen LogP contribution in [0.2, 0.25) is 0 Å². The van der Waals surface area contributed by atoms with Gasteiger partial charge in [0.15, 0.2) is 0 Å². The summed E-state index contributed by atoms with van der Waals surface area (Å²) in [6.07, 6.45) is 7.09. The molecule has 2 rings (SSSR count). The number of hydrogen-bond acceptors (Lipinski definition) is 4. The average molecular weight is 316 g/mol. The van der Waals surface area contributed by atoms with Gasteiger partial charge in [0.25, 0.3) is 0 Å². The Morgan fingerprint density at radius 2 is 2.09 bits per heavy atom. The summed E-state index contributed by atoms with van der Waals surface area (Å²) in [5, 5.41) is 6.81. The number of anilines is 1. The first kappa shape index (κ1) is 16.5. The molecule has 1 aliphatic rings. The molecule has 1 aromatic heterocycles. The molecule has 0 aliphatic heterocycles. The maximum absolute atomic E-state index is 11.2. The number of primary amides is 1. The van der Waals surface area contributed by atoms with Crippen LogP contribution in [0.1, 0.15) is 19.9 Å². The van der Waals surface area contributed by atoms with Crippen molar-refractivity contribution in [3.63, 3.8) is 0 Å². The Balaban J connectivity index is 2.45. The maximum atomic E-state index is 11.2. The first-order valence-corrected chi connectivity index (χ1v) is 7.22. The normalized spacial score (nSPS) is 16.0. The molecule has 8 heteroatoms. The van der Waals surface area contributed by atoms with Crippen LogP contribution in [0, 0.1) is 0 Å². The maximum Gasteiger partial charge on any atom is 0.316 e. The molecule has 0 radical (unpaired) electrons. The Bertz CT molecular complexity index is 746. The summed E-state index contributed by atoms with van der Waals surface area (Å²) in [6, 6.07) is -0.513. The van der Waals surface area contributed by atoms with Crippen molar-refractivity contribution in [1.82, 2.24) is 15.1 Å². The van der Waals surface area contributed by atoms with Crippen LogP contribution in [0.4, 0.5) is 16.3 Å². The Morgan fingerprint density at radius 1 is 1.39 bits per heavy atom. The zero-order valence-electron chi connectivity index (χ0n) is 13.7. The predicted molar refractivity (Wildman–Crippen MR) is 91.2 cm³/mol. The van der Waals surface area contributed by atoms with E-state index in [0.29, 0.717) is 22.9 Å². The first-order chi connectivity index (χ1) is 10.8. The molecule has 0 saturated heterocycles. The second kappa shape index (κ2) is 6.47. The molecule has 0 saturated carbocycles. The van der Waals surface area contributed by atoms with E-state index >= 15 is 0 Å². The van der Waals surface area contributed by atoms with Gasteiger partial charge in [-0.3, -0.25) is 0 Å². The summed E-state index contributed by atoms with van der Waals surface area (Å²) < 4.78 is 3.61. The average Bonchev–Trinajstić information content (AvgIpc) is 2.81. The fourth-order valence-electron chi connectivity index (χ4n) is 2.12. The van der Waals surface area contributed by atoms with Crippen LogP contribution >= 0.6 is 0 Å². The van der Waals surface area contributed by atoms with Crippen molar-refractivity contribution in [3.8, 4) is 0 Å². The van der Waals surface area contributed by atoms with Crippen LogP contribution in [0.3, 0.4) is 0 Å². The van der Waals surface area contributed by atoms with Crippen molar-refractivity contribution in [2.45, 2.75) is 19.9 Å². The Labute approximate surface area is 134 Å². The molecule has 0 spiro atoms. The molecule has 23 heavy (non-hydrogen) atoms. The molecular formula is C15H22N7O+.